The van der Waals surface area contributed by atoms with Crippen molar-refractivity contribution in [1.82, 2.24) is 0 Å². The fourth-order valence-corrected chi connectivity index (χ4v) is 4.96. The monoisotopic (exact) mass is 451 g/mol. The van der Waals surface area contributed by atoms with Gasteiger partial charge in [0.25, 0.3) is 0 Å². The molecule has 1 unspecified atom stereocenters. The van der Waals surface area contributed by atoms with Crippen molar-refractivity contribution in [2.45, 2.75) is 23.8 Å². The number of nitrogens with one attached hydrogen (secondary N) is 1. The largest absolute Gasteiger partial charge is 0.325 e. The summed E-state index contributed by atoms with van der Waals surface area (Å²) in [7, 11) is -4.00. The number of nitrogens with zero attached hydrogens (tertiary/aromatic N) is 1. The average Bonchev–Trinajstić information content (AvgIpc) is 2.74. The van der Waals surface area contributed by atoms with Gasteiger partial charge in [-0.1, -0.05) is 36.4 Å². The molecule has 0 aliphatic rings. The van der Waals surface area contributed by atoms with E-state index in [0.717, 1.165) is 24.3 Å². The molecule has 164 valence electrons. The lowest BCUT2D eigenvalue weighted by Crippen LogP contribution is -2.57. The number of aryl methyl sites for hydroxylation is 1. The van der Waals surface area contributed by atoms with Gasteiger partial charge < -0.3 is 11.1 Å². The van der Waals surface area contributed by atoms with Crippen LogP contribution in [0.3, 0.4) is 0 Å². The van der Waals surface area contributed by atoms with Crippen molar-refractivity contribution in [2.75, 3.05) is 11.1 Å². The molecule has 0 aromatic heterocycles. The quantitative estimate of drug-likeness (QED) is 0.419. The highest BCUT2D eigenvalue weighted by Crippen LogP contribution is 2.25. The topological polar surface area (TPSA) is 93.6 Å². The van der Waals surface area contributed by atoms with Crippen LogP contribution in [0.4, 0.5) is 15.8 Å². The van der Waals surface area contributed by atoms with Crippen molar-refractivity contribution < 1.29 is 17.6 Å². The summed E-state index contributed by atoms with van der Waals surface area (Å²) in [5.74, 6) is -1.92. The van der Waals surface area contributed by atoms with Crippen LogP contribution in [0, 0.1) is 19.3 Å². The summed E-state index contributed by atoms with van der Waals surface area (Å²) < 4.78 is 39.3. The molecule has 32 heavy (non-hydrogen) atoms. The van der Waals surface area contributed by atoms with Crippen LogP contribution in [0.1, 0.15) is 11.1 Å². The summed E-state index contributed by atoms with van der Waals surface area (Å²) in [6, 6.07) is 18.0. The summed E-state index contributed by atoms with van der Waals surface area (Å²) in [5, 5.41) is 2.69. The normalized spacial score (nSPS) is 13.1. The molecule has 0 fully saturated rings. The Morgan fingerprint density at radius 1 is 1.09 bits per heavy atom. The van der Waals surface area contributed by atoms with E-state index in [9.17, 15) is 17.6 Å². The average molecular weight is 452 g/mol. The van der Waals surface area contributed by atoms with Crippen LogP contribution < -0.4 is 11.1 Å². The van der Waals surface area contributed by atoms with Crippen LogP contribution in [0.25, 0.3) is 4.85 Å². The molecule has 3 aromatic rings. The number of rotatable bonds is 7. The highest BCUT2D eigenvalue weighted by atomic mass is 32.2. The number of benzene rings is 3. The van der Waals surface area contributed by atoms with Crippen molar-refractivity contribution in [2.24, 2.45) is 5.73 Å². The van der Waals surface area contributed by atoms with Gasteiger partial charge in [0.2, 0.25) is 5.91 Å². The molecule has 0 saturated carbocycles. The van der Waals surface area contributed by atoms with E-state index in [4.69, 9.17) is 12.3 Å². The molecular weight excluding hydrogens is 429 g/mol. The first-order valence-electron chi connectivity index (χ1n) is 9.74. The number of amides is 1. The molecule has 3 N–H and O–H groups in total. The summed E-state index contributed by atoms with van der Waals surface area (Å²) in [6.07, 6.45) is -0.0286. The van der Waals surface area contributed by atoms with E-state index in [1.165, 1.54) is 0 Å². The second kappa shape index (κ2) is 9.30. The van der Waals surface area contributed by atoms with Gasteiger partial charge >= 0.3 is 0 Å². The van der Waals surface area contributed by atoms with Crippen LogP contribution in [-0.4, -0.2) is 25.6 Å². The Bertz CT molecular complexity index is 1270. The van der Waals surface area contributed by atoms with Crippen molar-refractivity contribution in [3.63, 3.8) is 0 Å². The predicted octanol–water partition coefficient (Wildman–Crippen LogP) is 4.04. The maximum Gasteiger partial charge on any atom is 0.245 e. The molecular formula is C24H22FN3O3S. The Balaban J connectivity index is 1.94. The Morgan fingerprint density at radius 2 is 1.75 bits per heavy atom. The van der Waals surface area contributed by atoms with Crippen molar-refractivity contribution in [1.29, 1.82) is 0 Å². The number of hydrogen-bond donors (Lipinski definition) is 2. The lowest BCUT2D eigenvalue weighted by molar-refractivity contribution is -0.120. The minimum absolute atomic E-state index is 0.0286. The lowest BCUT2D eigenvalue weighted by Gasteiger charge is -2.28. The fraction of sp³-hybridized carbons (Fsp3) is 0.167. The highest BCUT2D eigenvalue weighted by Gasteiger charge is 2.40. The first kappa shape index (κ1) is 23.1. The van der Waals surface area contributed by atoms with Gasteiger partial charge in [-0.25, -0.2) is 17.7 Å². The number of carbonyl (C=O) groups excluding carboxylic acids is 1. The second-order valence-electron chi connectivity index (χ2n) is 7.60. The van der Waals surface area contributed by atoms with E-state index in [1.807, 2.05) is 0 Å². The van der Waals surface area contributed by atoms with Gasteiger partial charge in [0, 0.05) is 12.1 Å². The van der Waals surface area contributed by atoms with Gasteiger partial charge in [-0.15, -0.1) is 0 Å². The smallest absolute Gasteiger partial charge is 0.245 e. The molecule has 0 aliphatic heterocycles. The first-order chi connectivity index (χ1) is 15.1. The number of anilines is 1. The molecule has 0 bridgehead atoms. The van der Waals surface area contributed by atoms with Crippen molar-refractivity contribution in [3.8, 4) is 0 Å². The minimum Gasteiger partial charge on any atom is -0.325 e. The number of nitrogens with two attached hydrogens (primary N) is 1. The van der Waals surface area contributed by atoms with Crippen LogP contribution in [0.2, 0.25) is 0 Å². The molecule has 0 aliphatic carbocycles. The van der Waals surface area contributed by atoms with Crippen LogP contribution in [0.5, 0.6) is 0 Å². The van der Waals surface area contributed by atoms with E-state index in [0.29, 0.717) is 22.5 Å². The number of sulfone groups is 1. The zero-order valence-corrected chi connectivity index (χ0v) is 18.2. The third kappa shape index (κ3) is 5.38. The minimum atomic E-state index is -4.00. The van der Waals surface area contributed by atoms with Crippen molar-refractivity contribution in [3.05, 3.63) is 101 Å². The Kier molecular flexibility index (Phi) is 6.72. The standard InChI is InChI=1S/C24H22FN3O3S/c1-17-14-20(10-13-22(17)27-2)28-23(29)24(26,15-18-6-4-3-5-7-18)16-32(30,31)21-11-8-19(25)9-12-21/h3-14H,15-16,26H2,1H3,(H,28,29). The van der Waals surface area contributed by atoms with Crippen LogP contribution >= 0.6 is 0 Å². The second-order valence-corrected chi connectivity index (χ2v) is 9.59. The molecule has 8 heteroatoms. The first-order valence-corrected chi connectivity index (χ1v) is 11.4. The van der Waals surface area contributed by atoms with Crippen molar-refractivity contribution >= 4 is 27.1 Å². The third-order valence-electron chi connectivity index (χ3n) is 5.01. The summed E-state index contributed by atoms with van der Waals surface area (Å²) >= 11 is 0. The lowest BCUT2D eigenvalue weighted by atomic mass is 9.92. The molecule has 3 rings (SSSR count). The van der Waals surface area contributed by atoms with Crippen LogP contribution in [-0.2, 0) is 21.1 Å². The van der Waals surface area contributed by atoms with E-state index in [1.54, 1.807) is 55.5 Å². The van der Waals surface area contributed by atoms with E-state index in [-0.39, 0.29) is 11.3 Å². The summed E-state index contributed by atoms with van der Waals surface area (Å²) in [4.78, 5) is 16.5. The van der Waals surface area contributed by atoms with Gasteiger partial charge in [0.15, 0.2) is 15.5 Å². The third-order valence-corrected chi connectivity index (χ3v) is 6.90. The zero-order valence-electron chi connectivity index (χ0n) is 17.4. The van der Waals surface area contributed by atoms with Gasteiger partial charge in [-0.3, -0.25) is 4.79 Å². The number of halogens is 1. The molecule has 0 heterocycles. The number of carbonyl (C=O) groups is 1. The molecule has 0 radical (unpaired) electrons. The maximum atomic E-state index is 13.3. The molecule has 0 spiro atoms. The summed E-state index contributed by atoms with van der Waals surface area (Å²) in [5.41, 5.74) is 6.87. The van der Waals surface area contributed by atoms with Gasteiger partial charge in [-0.05, 0) is 54.4 Å². The molecule has 0 saturated heterocycles. The Morgan fingerprint density at radius 3 is 2.34 bits per heavy atom. The fourth-order valence-electron chi connectivity index (χ4n) is 3.34. The van der Waals surface area contributed by atoms with Gasteiger partial charge in [0.1, 0.15) is 11.4 Å². The highest BCUT2D eigenvalue weighted by molar-refractivity contribution is 7.91. The van der Waals surface area contributed by atoms with Gasteiger partial charge in [-0.2, -0.15) is 0 Å². The Hall–Kier alpha value is -3.54. The van der Waals surface area contributed by atoms with Crippen LogP contribution in [0.15, 0.2) is 77.7 Å². The van der Waals surface area contributed by atoms with E-state index < -0.39 is 32.9 Å². The number of hydrogen-bond acceptors (Lipinski definition) is 4. The Labute approximate surface area is 186 Å². The predicted molar refractivity (Wildman–Crippen MR) is 122 cm³/mol. The van der Waals surface area contributed by atoms with Gasteiger partial charge in [0.05, 0.1) is 17.2 Å². The molecule has 6 nitrogen and oxygen atoms in total. The SMILES string of the molecule is [C-]#[N+]c1ccc(NC(=O)C(N)(Cc2ccccc2)CS(=O)(=O)c2ccc(F)cc2)cc1C. The zero-order chi connectivity index (χ0) is 23.4. The molecule has 1 atom stereocenters. The maximum absolute atomic E-state index is 13.3. The molecule has 1 amide bonds. The van der Waals surface area contributed by atoms with E-state index >= 15 is 0 Å². The summed E-state index contributed by atoms with van der Waals surface area (Å²) in [6.45, 7) is 8.88. The molecule has 3 aromatic carbocycles. The van der Waals surface area contributed by atoms with E-state index in [2.05, 4.69) is 10.2 Å².